The van der Waals surface area contributed by atoms with Crippen LogP contribution in [0.25, 0.3) is 0 Å². The van der Waals surface area contributed by atoms with Crippen molar-refractivity contribution < 1.29 is 29.0 Å². The molecular formula is C24H45NO6. The summed E-state index contributed by atoms with van der Waals surface area (Å²) in [6.45, 7) is 12.2. The largest absolute Gasteiger partial charge is 0.481 e. The minimum Gasteiger partial charge on any atom is -0.481 e. The molecule has 0 saturated carbocycles. The van der Waals surface area contributed by atoms with Gasteiger partial charge in [-0.25, -0.2) is 0 Å². The molecule has 7 nitrogen and oxygen atoms in total. The smallest absolute Gasteiger partial charge is 0.311 e. The lowest BCUT2D eigenvalue weighted by Crippen LogP contribution is -2.45. The summed E-state index contributed by atoms with van der Waals surface area (Å²) < 4.78 is 11.1. The predicted molar refractivity (Wildman–Crippen MR) is 122 cm³/mol. The van der Waals surface area contributed by atoms with E-state index in [1.165, 1.54) is 0 Å². The Bertz CT molecular complexity index is 593. The third-order valence-electron chi connectivity index (χ3n) is 6.15. The molecule has 0 amide bonds. The number of nitrogens with zero attached hydrogens (tertiary/aromatic N) is 1. The molecule has 0 bridgehead atoms. The van der Waals surface area contributed by atoms with Crippen molar-refractivity contribution in [1.29, 1.82) is 0 Å². The number of carboxylic acid groups (broad SMARTS) is 1. The first-order valence-corrected chi connectivity index (χ1v) is 11.5. The predicted octanol–water partition coefficient (Wildman–Crippen LogP) is 4.53. The molecule has 0 aliphatic carbocycles. The van der Waals surface area contributed by atoms with E-state index in [2.05, 4.69) is 0 Å². The minimum atomic E-state index is -1.12. The Morgan fingerprint density at radius 2 is 1.32 bits per heavy atom. The van der Waals surface area contributed by atoms with E-state index in [9.17, 15) is 19.5 Å². The fourth-order valence-corrected chi connectivity index (χ4v) is 4.07. The molecular weight excluding hydrogens is 398 g/mol. The maximum Gasteiger partial charge on any atom is 0.311 e. The first-order valence-electron chi connectivity index (χ1n) is 11.5. The van der Waals surface area contributed by atoms with Gasteiger partial charge in [0.25, 0.3) is 0 Å². The molecule has 0 rings (SSSR count). The Morgan fingerprint density at radius 3 is 1.77 bits per heavy atom. The van der Waals surface area contributed by atoms with Crippen LogP contribution in [0.5, 0.6) is 0 Å². The van der Waals surface area contributed by atoms with E-state index in [1.807, 2.05) is 39.8 Å². The number of hydrogen-bond acceptors (Lipinski definition) is 6. The number of ether oxygens (including phenoxy) is 2. The molecule has 0 aliphatic heterocycles. The number of aliphatic carboxylic acids is 1. The van der Waals surface area contributed by atoms with Gasteiger partial charge in [-0.2, -0.15) is 0 Å². The Balaban J connectivity index is 5.86. The van der Waals surface area contributed by atoms with E-state index < -0.39 is 28.2 Å². The summed E-state index contributed by atoms with van der Waals surface area (Å²) in [4.78, 5) is 40.2. The number of carbonyl (C=O) groups is 3. The molecule has 0 fully saturated rings. The number of carboxylic acids is 1. The van der Waals surface area contributed by atoms with Crippen molar-refractivity contribution in [1.82, 2.24) is 4.90 Å². The van der Waals surface area contributed by atoms with Crippen LogP contribution in [0.4, 0.5) is 0 Å². The first-order chi connectivity index (χ1) is 14.3. The van der Waals surface area contributed by atoms with Crippen LogP contribution >= 0.6 is 0 Å². The quantitative estimate of drug-likeness (QED) is 0.277. The topological polar surface area (TPSA) is 93.1 Å². The highest BCUT2D eigenvalue weighted by Crippen LogP contribution is 2.47. The maximum atomic E-state index is 13.2. The van der Waals surface area contributed by atoms with E-state index in [0.717, 1.165) is 12.8 Å². The van der Waals surface area contributed by atoms with E-state index in [0.29, 0.717) is 32.4 Å². The normalized spacial score (nSPS) is 17.3. The number of hydrogen-bond donors (Lipinski definition) is 1. The molecule has 3 unspecified atom stereocenters. The highest BCUT2D eigenvalue weighted by molar-refractivity contribution is 5.82. The summed E-state index contributed by atoms with van der Waals surface area (Å²) in [5.41, 5.74) is -3.13. The van der Waals surface area contributed by atoms with Crippen molar-refractivity contribution >= 4 is 17.9 Å². The minimum absolute atomic E-state index is 0.106. The van der Waals surface area contributed by atoms with Crippen LogP contribution in [0.15, 0.2) is 0 Å². The molecule has 0 aliphatic rings. The van der Waals surface area contributed by atoms with Gasteiger partial charge in [-0.3, -0.25) is 14.4 Å². The van der Waals surface area contributed by atoms with Gasteiger partial charge in [0.05, 0.1) is 22.9 Å². The van der Waals surface area contributed by atoms with Crippen LogP contribution in [-0.4, -0.2) is 61.8 Å². The fraction of sp³-hybridized carbons (Fsp3) is 0.875. The number of carbonyl (C=O) groups excluding carboxylic acids is 2. The molecule has 0 heterocycles. The third kappa shape index (κ3) is 9.17. The molecule has 0 saturated heterocycles. The zero-order valence-electron chi connectivity index (χ0n) is 21.0. The van der Waals surface area contributed by atoms with E-state index >= 15 is 0 Å². The zero-order chi connectivity index (χ0) is 24.3. The van der Waals surface area contributed by atoms with Crippen LogP contribution in [0.3, 0.4) is 0 Å². The summed E-state index contributed by atoms with van der Waals surface area (Å²) >= 11 is 0. The first kappa shape index (κ1) is 29.4. The molecule has 0 spiro atoms. The summed E-state index contributed by atoms with van der Waals surface area (Å²) in [5.74, 6) is -1.74. The van der Waals surface area contributed by atoms with Gasteiger partial charge in [-0.15, -0.1) is 0 Å². The average Bonchev–Trinajstić information content (AvgIpc) is 2.67. The second-order valence-corrected chi connectivity index (χ2v) is 9.87. The van der Waals surface area contributed by atoms with Crippen LogP contribution < -0.4 is 0 Å². The van der Waals surface area contributed by atoms with Crippen molar-refractivity contribution in [2.45, 2.75) is 86.5 Å². The van der Waals surface area contributed by atoms with Crippen LogP contribution in [0.2, 0.25) is 0 Å². The molecule has 0 aromatic heterocycles. The maximum absolute atomic E-state index is 13.2. The van der Waals surface area contributed by atoms with Gasteiger partial charge in [0.2, 0.25) is 0 Å². The average molecular weight is 444 g/mol. The van der Waals surface area contributed by atoms with Crippen LogP contribution in [0.1, 0.15) is 86.5 Å². The van der Waals surface area contributed by atoms with Gasteiger partial charge < -0.3 is 19.5 Å². The molecule has 0 aromatic rings. The second-order valence-electron chi connectivity index (χ2n) is 9.87. The SMILES string of the molecule is CCCCOC(=O)C(C)(CC(C)(CCC)C(=O)O)CC(C)(CC)C(=O)OCCN(C)C. The number of rotatable bonds is 16. The molecule has 0 radical (unpaired) electrons. The molecule has 1 N–H and O–H groups in total. The molecule has 31 heavy (non-hydrogen) atoms. The van der Waals surface area contributed by atoms with Crippen molar-refractivity contribution in [2.75, 3.05) is 33.9 Å². The number of likely N-dealkylation sites (N-methyl/N-ethyl adjacent to an activating group) is 1. The van der Waals surface area contributed by atoms with E-state index in [4.69, 9.17) is 9.47 Å². The van der Waals surface area contributed by atoms with Crippen molar-refractivity contribution in [3.63, 3.8) is 0 Å². The van der Waals surface area contributed by atoms with Gasteiger partial charge in [0, 0.05) is 6.54 Å². The lowest BCUT2D eigenvalue weighted by Gasteiger charge is -2.40. The molecule has 7 heteroatoms. The summed E-state index contributed by atoms with van der Waals surface area (Å²) in [7, 11) is 3.80. The van der Waals surface area contributed by atoms with Crippen LogP contribution in [0, 0.1) is 16.2 Å². The Morgan fingerprint density at radius 1 is 0.806 bits per heavy atom. The standard InChI is InChI=1S/C24H45NO6/c1-9-12-15-30-21(29)24(6,18-23(5,13-10-2)19(26)27)17-22(4,11-3)20(28)31-16-14-25(7)8/h9-18H2,1-8H3,(H,26,27). The monoisotopic (exact) mass is 443 g/mol. The highest BCUT2D eigenvalue weighted by atomic mass is 16.5. The van der Waals surface area contributed by atoms with Gasteiger partial charge in [0.15, 0.2) is 0 Å². The van der Waals surface area contributed by atoms with Crippen molar-refractivity contribution in [2.24, 2.45) is 16.2 Å². The van der Waals surface area contributed by atoms with Crippen molar-refractivity contribution in [3.8, 4) is 0 Å². The third-order valence-corrected chi connectivity index (χ3v) is 6.15. The number of unbranched alkanes of at least 4 members (excludes halogenated alkanes) is 1. The molecule has 0 aromatic carbocycles. The van der Waals surface area contributed by atoms with Gasteiger partial charge in [-0.1, -0.05) is 33.6 Å². The molecule has 3 atom stereocenters. The van der Waals surface area contributed by atoms with Crippen molar-refractivity contribution in [3.05, 3.63) is 0 Å². The van der Waals surface area contributed by atoms with Gasteiger partial charge in [0.1, 0.15) is 6.61 Å². The lowest BCUT2D eigenvalue weighted by molar-refractivity contribution is -0.168. The summed E-state index contributed by atoms with van der Waals surface area (Å²) in [6.07, 6.45) is 3.51. The Hall–Kier alpha value is -1.63. The summed E-state index contributed by atoms with van der Waals surface area (Å²) in [5, 5.41) is 9.91. The van der Waals surface area contributed by atoms with Gasteiger partial charge in [-0.05, 0) is 67.0 Å². The summed E-state index contributed by atoms with van der Waals surface area (Å²) in [6, 6.07) is 0. The fourth-order valence-electron chi connectivity index (χ4n) is 4.07. The Kier molecular flexibility index (Phi) is 12.4. The van der Waals surface area contributed by atoms with Gasteiger partial charge >= 0.3 is 17.9 Å². The highest BCUT2D eigenvalue weighted by Gasteiger charge is 2.50. The molecule has 182 valence electrons. The van der Waals surface area contributed by atoms with Crippen LogP contribution in [-0.2, 0) is 23.9 Å². The second kappa shape index (κ2) is 13.0. The Labute approximate surface area is 188 Å². The van der Waals surface area contributed by atoms with E-state index in [1.54, 1.807) is 20.8 Å². The number of esters is 2. The zero-order valence-corrected chi connectivity index (χ0v) is 21.0. The van der Waals surface area contributed by atoms with E-state index in [-0.39, 0.29) is 25.4 Å². The lowest BCUT2D eigenvalue weighted by atomic mass is 9.63.